The van der Waals surface area contributed by atoms with Gasteiger partial charge in [-0.15, -0.1) is 11.3 Å². The molecular weight excluding hydrogens is 291 g/mol. The lowest BCUT2D eigenvalue weighted by Gasteiger charge is -2.03. The zero-order valence-electron chi connectivity index (χ0n) is 8.63. The first-order chi connectivity index (χ1) is 7.56. The zero-order valence-corrected chi connectivity index (χ0v) is 11.0. The van der Waals surface area contributed by atoms with Crippen LogP contribution >= 0.6 is 27.3 Å². The number of rotatable bonds is 2. The molecule has 1 aromatic heterocycles. The highest BCUT2D eigenvalue weighted by Gasteiger charge is 2.09. The SMILES string of the molecule is Cc1nc(N)sc1Cc1cc(F)ccc1Br. The highest BCUT2D eigenvalue weighted by atomic mass is 79.9. The standard InChI is InChI=1S/C11H10BrFN2S/c1-6-10(16-11(14)15-6)5-7-4-8(13)2-3-9(7)12/h2-4H,5H2,1H3,(H2,14,15). The number of halogens is 2. The second kappa shape index (κ2) is 4.51. The Balaban J connectivity index is 2.33. The van der Waals surface area contributed by atoms with Gasteiger partial charge in [-0.3, -0.25) is 0 Å². The molecule has 0 aliphatic rings. The van der Waals surface area contributed by atoms with Gasteiger partial charge in [0.15, 0.2) is 5.13 Å². The van der Waals surface area contributed by atoms with E-state index >= 15 is 0 Å². The number of aryl methyl sites for hydroxylation is 1. The largest absolute Gasteiger partial charge is 0.375 e. The summed E-state index contributed by atoms with van der Waals surface area (Å²) < 4.78 is 14.0. The third kappa shape index (κ3) is 2.41. The van der Waals surface area contributed by atoms with Crippen LogP contribution in [0.15, 0.2) is 22.7 Å². The van der Waals surface area contributed by atoms with Crippen LogP contribution in [0.1, 0.15) is 16.1 Å². The molecule has 2 rings (SSSR count). The fourth-order valence-electron chi connectivity index (χ4n) is 1.47. The number of hydrogen-bond acceptors (Lipinski definition) is 3. The molecule has 2 nitrogen and oxygen atoms in total. The van der Waals surface area contributed by atoms with E-state index < -0.39 is 0 Å². The van der Waals surface area contributed by atoms with Crippen molar-refractivity contribution in [3.05, 3.63) is 44.6 Å². The van der Waals surface area contributed by atoms with Crippen LogP contribution in [-0.4, -0.2) is 4.98 Å². The first-order valence-electron chi connectivity index (χ1n) is 4.72. The number of anilines is 1. The van der Waals surface area contributed by atoms with Crippen molar-refractivity contribution in [2.24, 2.45) is 0 Å². The molecule has 0 aliphatic carbocycles. The third-order valence-electron chi connectivity index (χ3n) is 2.27. The zero-order chi connectivity index (χ0) is 11.7. The fourth-order valence-corrected chi connectivity index (χ4v) is 2.71. The Bertz CT molecular complexity index is 525. The van der Waals surface area contributed by atoms with E-state index in [0.29, 0.717) is 11.6 Å². The van der Waals surface area contributed by atoms with Gasteiger partial charge in [0.05, 0.1) is 5.69 Å². The van der Waals surface area contributed by atoms with Gasteiger partial charge in [0.25, 0.3) is 0 Å². The van der Waals surface area contributed by atoms with E-state index in [9.17, 15) is 4.39 Å². The normalized spacial score (nSPS) is 10.7. The van der Waals surface area contributed by atoms with Crippen LogP contribution in [0.4, 0.5) is 9.52 Å². The van der Waals surface area contributed by atoms with Crippen molar-refractivity contribution in [3.63, 3.8) is 0 Å². The minimum atomic E-state index is -0.228. The molecule has 16 heavy (non-hydrogen) atoms. The topological polar surface area (TPSA) is 38.9 Å². The second-order valence-corrected chi connectivity index (χ2v) is 5.44. The van der Waals surface area contributed by atoms with Crippen LogP contribution in [0.25, 0.3) is 0 Å². The smallest absolute Gasteiger partial charge is 0.180 e. The maximum Gasteiger partial charge on any atom is 0.180 e. The Labute approximate surface area is 105 Å². The molecule has 0 aliphatic heterocycles. The van der Waals surface area contributed by atoms with Gasteiger partial charge in [-0.05, 0) is 30.7 Å². The summed E-state index contributed by atoms with van der Waals surface area (Å²) in [4.78, 5) is 5.22. The Morgan fingerprint density at radius 2 is 2.25 bits per heavy atom. The van der Waals surface area contributed by atoms with Crippen LogP contribution in [0, 0.1) is 12.7 Å². The van der Waals surface area contributed by atoms with Crippen molar-refractivity contribution >= 4 is 32.4 Å². The second-order valence-electron chi connectivity index (χ2n) is 3.47. The Hall–Kier alpha value is -0.940. The lowest BCUT2D eigenvalue weighted by molar-refractivity contribution is 0.625. The summed E-state index contributed by atoms with van der Waals surface area (Å²) in [7, 11) is 0. The van der Waals surface area contributed by atoms with Gasteiger partial charge in [-0.25, -0.2) is 9.37 Å². The molecule has 0 bridgehead atoms. The monoisotopic (exact) mass is 300 g/mol. The maximum atomic E-state index is 13.1. The molecule has 5 heteroatoms. The van der Waals surface area contributed by atoms with E-state index in [1.54, 1.807) is 6.07 Å². The first-order valence-corrected chi connectivity index (χ1v) is 6.33. The number of nitrogens with zero attached hydrogens (tertiary/aromatic N) is 1. The minimum Gasteiger partial charge on any atom is -0.375 e. The fraction of sp³-hybridized carbons (Fsp3) is 0.182. The highest BCUT2D eigenvalue weighted by Crippen LogP contribution is 2.26. The molecule has 0 atom stereocenters. The predicted molar refractivity (Wildman–Crippen MR) is 68.2 cm³/mol. The summed E-state index contributed by atoms with van der Waals surface area (Å²) in [6.45, 7) is 1.91. The van der Waals surface area contributed by atoms with Crippen LogP contribution in [0.2, 0.25) is 0 Å². The Kier molecular flexibility index (Phi) is 3.25. The van der Waals surface area contributed by atoms with Gasteiger partial charge < -0.3 is 5.73 Å². The van der Waals surface area contributed by atoms with Gasteiger partial charge in [0.1, 0.15) is 5.82 Å². The molecule has 84 valence electrons. The van der Waals surface area contributed by atoms with E-state index in [-0.39, 0.29) is 5.82 Å². The third-order valence-corrected chi connectivity index (χ3v) is 4.03. The molecule has 1 aromatic carbocycles. The molecule has 2 N–H and O–H groups in total. The number of hydrogen-bond donors (Lipinski definition) is 1. The summed E-state index contributed by atoms with van der Waals surface area (Å²) >= 11 is 4.85. The lowest BCUT2D eigenvalue weighted by atomic mass is 10.1. The maximum absolute atomic E-state index is 13.1. The molecule has 0 radical (unpaired) electrons. The number of thiazole rings is 1. The molecule has 1 heterocycles. The summed E-state index contributed by atoms with van der Waals surface area (Å²) in [6.07, 6.45) is 0.652. The van der Waals surface area contributed by atoms with Gasteiger partial charge in [0.2, 0.25) is 0 Å². The molecule has 0 unspecified atom stereocenters. The predicted octanol–water partition coefficient (Wildman–Crippen LogP) is 3.53. The molecule has 0 spiro atoms. The summed E-state index contributed by atoms with van der Waals surface area (Å²) in [5, 5.41) is 0.556. The van der Waals surface area contributed by atoms with Crippen molar-refractivity contribution in [2.75, 3.05) is 5.73 Å². The van der Waals surface area contributed by atoms with E-state index in [1.807, 2.05) is 6.92 Å². The molecular formula is C11H10BrFN2S. The van der Waals surface area contributed by atoms with Crippen molar-refractivity contribution < 1.29 is 4.39 Å². The lowest BCUT2D eigenvalue weighted by Crippen LogP contribution is -1.90. The molecule has 2 aromatic rings. The van der Waals surface area contributed by atoms with E-state index in [4.69, 9.17) is 5.73 Å². The average molecular weight is 301 g/mol. The Morgan fingerprint density at radius 1 is 1.50 bits per heavy atom. The van der Waals surface area contributed by atoms with E-state index in [2.05, 4.69) is 20.9 Å². The van der Waals surface area contributed by atoms with Gasteiger partial charge in [-0.2, -0.15) is 0 Å². The van der Waals surface area contributed by atoms with Gasteiger partial charge in [0, 0.05) is 15.8 Å². The molecule has 0 fully saturated rings. The van der Waals surface area contributed by atoms with E-state index in [1.165, 1.54) is 23.5 Å². The van der Waals surface area contributed by atoms with Crippen LogP contribution in [0.5, 0.6) is 0 Å². The summed E-state index contributed by atoms with van der Waals surface area (Å²) in [6, 6.07) is 4.67. The number of benzene rings is 1. The summed E-state index contributed by atoms with van der Waals surface area (Å²) in [5.41, 5.74) is 7.45. The minimum absolute atomic E-state index is 0.228. The summed E-state index contributed by atoms with van der Waals surface area (Å²) in [5.74, 6) is -0.228. The van der Waals surface area contributed by atoms with E-state index in [0.717, 1.165) is 20.6 Å². The number of nitrogen functional groups attached to an aromatic ring is 1. The Morgan fingerprint density at radius 3 is 2.88 bits per heavy atom. The van der Waals surface area contributed by atoms with Crippen LogP contribution in [-0.2, 0) is 6.42 Å². The number of aromatic nitrogens is 1. The molecule has 0 amide bonds. The first kappa shape index (κ1) is 11.5. The number of nitrogens with two attached hydrogens (primary N) is 1. The van der Waals surface area contributed by atoms with Crippen LogP contribution < -0.4 is 5.73 Å². The van der Waals surface area contributed by atoms with Crippen LogP contribution in [0.3, 0.4) is 0 Å². The van der Waals surface area contributed by atoms with Crippen molar-refractivity contribution in [3.8, 4) is 0 Å². The van der Waals surface area contributed by atoms with Crippen molar-refractivity contribution in [1.82, 2.24) is 4.98 Å². The highest BCUT2D eigenvalue weighted by molar-refractivity contribution is 9.10. The van der Waals surface area contributed by atoms with Gasteiger partial charge >= 0.3 is 0 Å². The van der Waals surface area contributed by atoms with Gasteiger partial charge in [-0.1, -0.05) is 15.9 Å². The quantitative estimate of drug-likeness (QED) is 0.921. The molecule has 0 saturated carbocycles. The van der Waals surface area contributed by atoms with Crippen molar-refractivity contribution in [2.45, 2.75) is 13.3 Å². The average Bonchev–Trinajstić information content (AvgIpc) is 2.51. The molecule has 0 saturated heterocycles. The van der Waals surface area contributed by atoms with Crippen molar-refractivity contribution in [1.29, 1.82) is 0 Å².